The van der Waals surface area contributed by atoms with Crippen molar-refractivity contribution in [3.63, 3.8) is 0 Å². The zero-order valence-electron chi connectivity index (χ0n) is 18.9. The van der Waals surface area contributed by atoms with Crippen molar-refractivity contribution < 1.29 is 14.4 Å². The van der Waals surface area contributed by atoms with Crippen LogP contribution in [0.5, 0.6) is 0 Å². The lowest BCUT2D eigenvalue weighted by Crippen LogP contribution is -2.37. The van der Waals surface area contributed by atoms with Crippen LogP contribution in [0.4, 0.5) is 0 Å². The van der Waals surface area contributed by atoms with E-state index in [9.17, 15) is 14.4 Å². The molecule has 2 N–H and O–H groups in total. The molecule has 6 nitrogen and oxygen atoms in total. The van der Waals surface area contributed by atoms with Crippen molar-refractivity contribution in [2.45, 2.75) is 25.2 Å². The number of ketones is 1. The van der Waals surface area contributed by atoms with Gasteiger partial charge in [0.05, 0.1) is 11.3 Å². The summed E-state index contributed by atoms with van der Waals surface area (Å²) < 4.78 is 0. The van der Waals surface area contributed by atoms with Crippen molar-refractivity contribution in [1.29, 1.82) is 0 Å². The van der Waals surface area contributed by atoms with E-state index in [1.54, 1.807) is 23.1 Å². The summed E-state index contributed by atoms with van der Waals surface area (Å²) >= 11 is 0. The molecule has 0 spiro atoms. The number of hydrogen-bond acceptors (Lipinski definition) is 4. The number of pyridine rings is 1. The molecule has 0 aliphatic carbocycles. The second-order valence-electron chi connectivity index (χ2n) is 8.46. The highest BCUT2D eigenvalue weighted by Crippen LogP contribution is 2.30. The highest BCUT2D eigenvalue weighted by atomic mass is 16.2. The quantitative estimate of drug-likeness (QED) is 0.429. The summed E-state index contributed by atoms with van der Waals surface area (Å²) in [7, 11) is 0. The molecule has 1 fully saturated rings. The SMILES string of the molecule is C=CC(=O)N1CCC(c2ccc(C(N)=O)c(-c3ccc(C(=O)Cc4ccccc4)cc3)n2)CC1. The van der Waals surface area contributed by atoms with E-state index < -0.39 is 5.91 Å². The summed E-state index contributed by atoms with van der Waals surface area (Å²) in [5.41, 5.74) is 9.63. The molecular weight excluding hydrogens is 426 g/mol. The van der Waals surface area contributed by atoms with Gasteiger partial charge in [-0.25, -0.2) is 0 Å². The molecule has 34 heavy (non-hydrogen) atoms. The predicted octanol–water partition coefficient (Wildman–Crippen LogP) is 4.16. The standard InChI is InChI=1S/C28H27N3O3/c1-2-26(33)31-16-14-20(15-17-31)24-13-12-23(28(29)34)27(30-24)22-10-8-21(9-11-22)25(32)18-19-6-4-3-5-7-19/h2-13,20H,1,14-18H2,(H2,29,34). The Labute approximate surface area is 199 Å². The summed E-state index contributed by atoms with van der Waals surface area (Å²) in [6.07, 6.45) is 3.24. The first-order chi connectivity index (χ1) is 16.5. The minimum atomic E-state index is -0.551. The zero-order valence-corrected chi connectivity index (χ0v) is 18.9. The Bertz CT molecular complexity index is 1210. The highest BCUT2D eigenvalue weighted by molar-refractivity contribution is 6.00. The number of benzene rings is 2. The number of hydrogen-bond donors (Lipinski definition) is 1. The van der Waals surface area contributed by atoms with Crippen LogP contribution < -0.4 is 5.73 Å². The predicted molar refractivity (Wildman–Crippen MR) is 131 cm³/mol. The number of primary amides is 1. The fraction of sp³-hybridized carbons (Fsp3) is 0.214. The van der Waals surface area contributed by atoms with Gasteiger partial charge in [0.15, 0.2) is 5.78 Å². The molecule has 1 aliphatic rings. The number of carbonyl (C=O) groups excluding carboxylic acids is 3. The van der Waals surface area contributed by atoms with Gasteiger partial charge in [-0.2, -0.15) is 0 Å². The molecule has 6 heteroatoms. The number of Topliss-reactive ketones (excluding diaryl/α,β-unsaturated/α-hetero) is 1. The van der Waals surface area contributed by atoms with Crippen molar-refractivity contribution in [2.24, 2.45) is 5.73 Å². The van der Waals surface area contributed by atoms with Crippen molar-refractivity contribution in [2.75, 3.05) is 13.1 Å². The van der Waals surface area contributed by atoms with Crippen LogP contribution in [0.25, 0.3) is 11.3 Å². The molecule has 4 rings (SSSR count). The van der Waals surface area contributed by atoms with E-state index in [2.05, 4.69) is 6.58 Å². The summed E-state index contributed by atoms with van der Waals surface area (Å²) in [6, 6.07) is 20.3. The lowest BCUT2D eigenvalue weighted by atomic mass is 9.91. The van der Waals surface area contributed by atoms with Crippen molar-refractivity contribution >= 4 is 17.6 Å². The fourth-order valence-electron chi connectivity index (χ4n) is 4.34. The van der Waals surface area contributed by atoms with Gasteiger partial charge >= 0.3 is 0 Å². The smallest absolute Gasteiger partial charge is 0.250 e. The van der Waals surface area contributed by atoms with E-state index >= 15 is 0 Å². The molecule has 3 aromatic rings. The van der Waals surface area contributed by atoms with Crippen molar-refractivity contribution in [1.82, 2.24) is 9.88 Å². The number of likely N-dealkylation sites (tertiary alicyclic amines) is 1. The van der Waals surface area contributed by atoms with Crippen LogP contribution in [0, 0.1) is 0 Å². The third-order valence-corrected chi connectivity index (χ3v) is 6.27. The molecule has 0 unspecified atom stereocenters. The van der Waals surface area contributed by atoms with E-state index in [-0.39, 0.29) is 17.6 Å². The molecule has 0 radical (unpaired) electrons. The number of nitrogens with two attached hydrogens (primary N) is 1. The number of piperidine rings is 1. The summed E-state index contributed by atoms with van der Waals surface area (Å²) in [4.78, 5) is 43.2. The topological polar surface area (TPSA) is 93.4 Å². The maximum atomic E-state index is 12.7. The van der Waals surface area contributed by atoms with Gasteiger partial charge in [0.2, 0.25) is 5.91 Å². The van der Waals surface area contributed by atoms with Gasteiger partial charge < -0.3 is 10.6 Å². The van der Waals surface area contributed by atoms with Gasteiger partial charge in [-0.1, -0.05) is 61.2 Å². The van der Waals surface area contributed by atoms with Crippen LogP contribution in [-0.2, 0) is 11.2 Å². The minimum absolute atomic E-state index is 0.0235. The van der Waals surface area contributed by atoms with E-state index in [1.165, 1.54) is 6.08 Å². The zero-order chi connectivity index (χ0) is 24.1. The summed E-state index contributed by atoms with van der Waals surface area (Å²) in [5, 5.41) is 0. The first-order valence-electron chi connectivity index (χ1n) is 11.4. The molecule has 2 amide bonds. The van der Waals surface area contributed by atoms with Gasteiger partial charge in [-0.15, -0.1) is 0 Å². The monoisotopic (exact) mass is 453 g/mol. The average molecular weight is 454 g/mol. The van der Waals surface area contributed by atoms with E-state index in [0.717, 1.165) is 29.7 Å². The third kappa shape index (κ3) is 5.12. The molecule has 0 bridgehead atoms. The first kappa shape index (κ1) is 23.1. The second kappa shape index (κ2) is 10.3. The van der Waals surface area contributed by atoms with Crippen LogP contribution in [0.2, 0.25) is 0 Å². The third-order valence-electron chi connectivity index (χ3n) is 6.27. The number of nitrogens with zero attached hydrogens (tertiary/aromatic N) is 2. The fourth-order valence-corrected chi connectivity index (χ4v) is 4.34. The maximum absolute atomic E-state index is 12.7. The molecule has 172 valence electrons. The van der Waals surface area contributed by atoms with E-state index in [1.807, 2.05) is 48.5 Å². The Balaban J connectivity index is 1.55. The van der Waals surface area contributed by atoms with Crippen LogP contribution in [0.15, 0.2) is 79.4 Å². The number of aromatic nitrogens is 1. The normalized spacial score (nSPS) is 13.9. The summed E-state index contributed by atoms with van der Waals surface area (Å²) in [6.45, 7) is 4.84. The van der Waals surface area contributed by atoms with Crippen molar-refractivity contribution in [3.8, 4) is 11.3 Å². The Morgan fingerprint density at radius 1 is 0.971 bits per heavy atom. The Morgan fingerprint density at radius 2 is 1.65 bits per heavy atom. The molecule has 1 aromatic heterocycles. The second-order valence-corrected chi connectivity index (χ2v) is 8.46. The molecule has 2 heterocycles. The molecule has 1 aliphatic heterocycles. The largest absolute Gasteiger partial charge is 0.366 e. The number of rotatable bonds is 7. The molecule has 1 saturated heterocycles. The first-order valence-corrected chi connectivity index (χ1v) is 11.4. The Kier molecular flexibility index (Phi) is 6.97. The molecule has 2 aromatic carbocycles. The molecule has 0 saturated carbocycles. The van der Waals surface area contributed by atoms with Crippen LogP contribution in [0.1, 0.15) is 50.7 Å². The van der Waals surface area contributed by atoms with Gasteiger partial charge in [-0.05, 0) is 36.6 Å². The number of amides is 2. The summed E-state index contributed by atoms with van der Waals surface area (Å²) in [5.74, 6) is -0.403. The van der Waals surface area contributed by atoms with E-state index in [0.29, 0.717) is 36.3 Å². The van der Waals surface area contributed by atoms with Crippen LogP contribution in [0.3, 0.4) is 0 Å². The van der Waals surface area contributed by atoms with Gasteiger partial charge in [0.1, 0.15) is 0 Å². The Hall–Kier alpha value is -4.06. The highest BCUT2D eigenvalue weighted by Gasteiger charge is 2.25. The lowest BCUT2D eigenvalue weighted by molar-refractivity contribution is -0.127. The van der Waals surface area contributed by atoms with Gasteiger partial charge in [0.25, 0.3) is 5.91 Å². The van der Waals surface area contributed by atoms with Crippen LogP contribution >= 0.6 is 0 Å². The minimum Gasteiger partial charge on any atom is -0.366 e. The van der Waals surface area contributed by atoms with Crippen LogP contribution in [-0.4, -0.2) is 40.6 Å². The average Bonchev–Trinajstić information content (AvgIpc) is 2.88. The lowest BCUT2D eigenvalue weighted by Gasteiger charge is -2.31. The Morgan fingerprint density at radius 3 is 2.26 bits per heavy atom. The van der Waals surface area contributed by atoms with Gasteiger partial charge in [0, 0.05) is 42.2 Å². The molecular formula is C28H27N3O3. The molecule has 0 atom stereocenters. The maximum Gasteiger partial charge on any atom is 0.250 e. The van der Waals surface area contributed by atoms with E-state index in [4.69, 9.17) is 10.7 Å². The van der Waals surface area contributed by atoms with Gasteiger partial charge in [-0.3, -0.25) is 19.4 Å². The van der Waals surface area contributed by atoms with Crippen molar-refractivity contribution in [3.05, 3.63) is 102 Å². The number of carbonyl (C=O) groups is 3.